The van der Waals surface area contributed by atoms with E-state index < -0.39 is 0 Å². The molecule has 0 saturated carbocycles. The summed E-state index contributed by atoms with van der Waals surface area (Å²) in [5.74, 6) is -0.500. The van der Waals surface area contributed by atoms with Crippen molar-refractivity contribution in [3.8, 4) is 5.69 Å². The normalized spacial score (nSPS) is 23.1. The SMILES string of the molecule is Cc1c(C(=O)NC2CC3CCC(C2)N3Cc2ccccc2)nnn1-c1ccc(F)cc1. The highest BCUT2D eigenvalue weighted by Gasteiger charge is 2.41. The number of amides is 1. The second kappa shape index (κ2) is 8.23. The molecule has 31 heavy (non-hydrogen) atoms. The predicted molar refractivity (Wildman–Crippen MR) is 115 cm³/mol. The van der Waals surface area contributed by atoms with Gasteiger partial charge in [0, 0.05) is 24.7 Å². The summed E-state index contributed by atoms with van der Waals surface area (Å²) in [7, 11) is 0. The Morgan fingerprint density at radius 1 is 1.06 bits per heavy atom. The molecule has 2 atom stereocenters. The molecule has 2 saturated heterocycles. The van der Waals surface area contributed by atoms with E-state index in [0.29, 0.717) is 29.2 Å². The van der Waals surface area contributed by atoms with Gasteiger partial charge in [-0.2, -0.15) is 0 Å². The zero-order chi connectivity index (χ0) is 21.4. The molecule has 5 rings (SSSR count). The number of nitrogens with zero attached hydrogens (tertiary/aromatic N) is 4. The van der Waals surface area contributed by atoms with Crippen molar-refractivity contribution in [2.75, 3.05) is 0 Å². The van der Waals surface area contributed by atoms with Gasteiger partial charge in [0.25, 0.3) is 5.91 Å². The molecular formula is C24H26FN5O. The second-order valence-electron chi connectivity index (χ2n) is 8.60. The van der Waals surface area contributed by atoms with E-state index in [-0.39, 0.29) is 17.8 Å². The van der Waals surface area contributed by atoms with Crippen molar-refractivity contribution in [2.24, 2.45) is 0 Å². The van der Waals surface area contributed by atoms with Gasteiger partial charge < -0.3 is 5.32 Å². The Labute approximate surface area is 181 Å². The van der Waals surface area contributed by atoms with Crippen LogP contribution < -0.4 is 5.32 Å². The molecule has 2 aromatic carbocycles. The average Bonchev–Trinajstić information content (AvgIpc) is 3.25. The summed E-state index contributed by atoms with van der Waals surface area (Å²) in [5, 5.41) is 11.4. The van der Waals surface area contributed by atoms with Crippen LogP contribution in [0.15, 0.2) is 54.6 Å². The molecule has 6 nitrogen and oxygen atoms in total. The summed E-state index contributed by atoms with van der Waals surface area (Å²) in [6.07, 6.45) is 4.29. The maximum Gasteiger partial charge on any atom is 0.273 e. The Bertz CT molecular complexity index is 1050. The van der Waals surface area contributed by atoms with Crippen LogP contribution in [0.1, 0.15) is 47.4 Å². The van der Waals surface area contributed by atoms with Gasteiger partial charge in [-0.15, -0.1) is 5.10 Å². The lowest BCUT2D eigenvalue weighted by molar-refractivity contribution is 0.0823. The van der Waals surface area contributed by atoms with Crippen LogP contribution in [0.4, 0.5) is 4.39 Å². The van der Waals surface area contributed by atoms with Crippen molar-refractivity contribution in [3.05, 3.63) is 77.4 Å². The monoisotopic (exact) mass is 419 g/mol. The van der Waals surface area contributed by atoms with Crippen molar-refractivity contribution >= 4 is 5.91 Å². The molecule has 3 heterocycles. The van der Waals surface area contributed by atoms with Gasteiger partial charge >= 0.3 is 0 Å². The number of halogens is 1. The molecular weight excluding hydrogens is 393 g/mol. The average molecular weight is 420 g/mol. The number of piperidine rings is 1. The van der Waals surface area contributed by atoms with Gasteiger partial charge in [-0.1, -0.05) is 35.5 Å². The maximum atomic E-state index is 13.2. The smallest absolute Gasteiger partial charge is 0.273 e. The van der Waals surface area contributed by atoms with Crippen LogP contribution in [0.25, 0.3) is 5.69 Å². The lowest BCUT2D eigenvalue weighted by Crippen LogP contribution is -2.50. The Morgan fingerprint density at radius 2 is 1.74 bits per heavy atom. The van der Waals surface area contributed by atoms with Crippen molar-refractivity contribution in [1.82, 2.24) is 25.2 Å². The summed E-state index contributed by atoms with van der Waals surface area (Å²) < 4.78 is 14.8. The first-order valence-electron chi connectivity index (χ1n) is 10.9. The molecule has 2 fully saturated rings. The second-order valence-corrected chi connectivity index (χ2v) is 8.60. The van der Waals surface area contributed by atoms with Crippen LogP contribution in [0.2, 0.25) is 0 Å². The third-order valence-corrected chi connectivity index (χ3v) is 6.61. The van der Waals surface area contributed by atoms with E-state index in [1.165, 1.54) is 30.5 Å². The highest BCUT2D eigenvalue weighted by molar-refractivity contribution is 5.93. The molecule has 2 aliphatic rings. The fourth-order valence-electron chi connectivity index (χ4n) is 5.06. The number of fused-ring (bicyclic) bond motifs is 2. The van der Waals surface area contributed by atoms with Crippen molar-refractivity contribution in [2.45, 2.75) is 57.3 Å². The van der Waals surface area contributed by atoms with Crippen molar-refractivity contribution in [1.29, 1.82) is 0 Å². The van der Waals surface area contributed by atoms with Crippen LogP contribution in [0.5, 0.6) is 0 Å². The van der Waals surface area contributed by atoms with Crippen LogP contribution in [0.3, 0.4) is 0 Å². The number of rotatable bonds is 5. The highest BCUT2D eigenvalue weighted by Crippen LogP contribution is 2.37. The first-order valence-corrected chi connectivity index (χ1v) is 10.9. The Morgan fingerprint density at radius 3 is 2.42 bits per heavy atom. The molecule has 1 aromatic heterocycles. The third kappa shape index (κ3) is 3.97. The van der Waals surface area contributed by atoms with E-state index >= 15 is 0 Å². The van der Waals surface area contributed by atoms with E-state index in [0.717, 1.165) is 19.4 Å². The van der Waals surface area contributed by atoms with Crippen LogP contribution in [0, 0.1) is 12.7 Å². The molecule has 2 aliphatic heterocycles. The molecule has 0 aliphatic carbocycles. The van der Waals surface area contributed by atoms with Gasteiger partial charge in [0.05, 0.1) is 11.4 Å². The minimum atomic E-state index is -0.312. The zero-order valence-corrected chi connectivity index (χ0v) is 17.5. The van der Waals surface area contributed by atoms with Gasteiger partial charge in [0.15, 0.2) is 5.69 Å². The van der Waals surface area contributed by atoms with E-state index in [2.05, 4.69) is 44.8 Å². The highest BCUT2D eigenvalue weighted by atomic mass is 19.1. The number of benzene rings is 2. The molecule has 2 bridgehead atoms. The summed E-state index contributed by atoms with van der Waals surface area (Å²) in [4.78, 5) is 15.5. The molecule has 1 amide bonds. The van der Waals surface area contributed by atoms with Gasteiger partial charge in [0.1, 0.15) is 5.82 Å². The van der Waals surface area contributed by atoms with E-state index in [1.807, 2.05) is 13.0 Å². The third-order valence-electron chi connectivity index (χ3n) is 6.61. The molecule has 0 radical (unpaired) electrons. The number of nitrogens with one attached hydrogen (secondary N) is 1. The molecule has 0 spiro atoms. The van der Waals surface area contributed by atoms with Crippen LogP contribution >= 0.6 is 0 Å². The van der Waals surface area contributed by atoms with Gasteiger partial charge in [-0.3, -0.25) is 9.69 Å². The summed E-state index contributed by atoms with van der Waals surface area (Å²) in [6.45, 7) is 2.78. The quantitative estimate of drug-likeness (QED) is 0.686. The van der Waals surface area contributed by atoms with Crippen molar-refractivity contribution < 1.29 is 9.18 Å². The lowest BCUT2D eigenvalue weighted by atomic mass is 9.96. The largest absolute Gasteiger partial charge is 0.348 e. The molecule has 7 heteroatoms. The fourth-order valence-corrected chi connectivity index (χ4v) is 5.06. The van der Waals surface area contributed by atoms with Gasteiger partial charge in [-0.25, -0.2) is 9.07 Å². The Balaban J connectivity index is 1.25. The van der Waals surface area contributed by atoms with E-state index in [9.17, 15) is 9.18 Å². The molecule has 160 valence electrons. The number of aromatic nitrogens is 3. The number of hydrogen-bond acceptors (Lipinski definition) is 4. The number of carbonyl (C=O) groups is 1. The topological polar surface area (TPSA) is 63.1 Å². The number of carbonyl (C=O) groups excluding carboxylic acids is 1. The van der Waals surface area contributed by atoms with E-state index in [4.69, 9.17) is 0 Å². The maximum absolute atomic E-state index is 13.2. The summed E-state index contributed by atoms with van der Waals surface area (Å²) in [5.41, 5.74) is 2.99. The molecule has 2 unspecified atom stereocenters. The molecule has 3 aromatic rings. The summed E-state index contributed by atoms with van der Waals surface area (Å²) in [6, 6.07) is 17.7. The minimum absolute atomic E-state index is 0.146. The van der Waals surface area contributed by atoms with Crippen LogP contribution in [-0.4, -0.2) is 43.9 Å². The first-order chi connectivity index (χ1) is 15.1. The van der Waals surface area contributed by atoms with Gasteiger partial charge in [0.2, 0.25) is 0 Å². The Hall–Kier alpha value is -3.06. The standard InChI is InChI=1S/C24H26FN5O/c1-16-23(27-28-30(16)20-9-7-18(25)8-10-20)24(31)26-19-13-21-11-12-22(14-19)29(21)15-17-5-3-2-4-6-17/h2-10,19,21-22H,11-15H2,1H3,(H,26,31). The van der Waals surface area contributed by atoms with Gasteiger partial charge in [-0.05, 0) is 62.4 Å². The predicted octanol–water partition coefficient (Wildman–Crippen LogP) is 3.64. The Kier molecular flexibility index (Phi) is 5.28. The summed E-state index contributed by atoms with van der Waals surface area (Å²) >= 11 is 0. The lowest BCUT2D eigenvalue weighted by Gasteiger charge is -2.39. The van der Waals surface area contributed by atoms with Crippen LogP contribution in [-0.2, 0) is 6.54 Å². The minimum Gasteiger partial charge on any atom is -0.348 e. The van der Waals surface area contributed by atoms with Crippen molar-refractivity contribution in [3.63, 3.8) is 0 Å². The zero-order valence-electron chi connectivity index (χ0n) is 17.5. The number of hydrogen-bond donors (Lipinski definition) is 1. The fraction of sp³-hybridized carbons (Fsp3) is 0.375. The first kappa shape index (κ1) is 19.9. The van der Waals surface area contributed by atoms with E-state index in [1.54, 1.807) is 16.8 Å². The molecule has 1 N–H and O–H groups in total.